The monoisotopic (exact) mass is 492 g/mol. The molecule has 8 heteroatoms. The molecule has 1 atom stereocenters. The molecule has 0 spiro atoms. The van der Waals surface area contributed by atoms with Gasteiger partial charge in [-0.2, -0.15) is 0 Å². The van der Waals surface area contributed by atoms with Gasteiger partial charge >= 0.3 is 0 Å². The summed E-state index contributed by atoms with van der Waals surface area (Å²) in [7, 11) is 3.21. The number of rotatable bonds is 9. The van der Waals surface area contributed by atoms with E-state index in [-0.39, 0.29) is 11.9 Å². The molecule has 31 heavy (non-hydrogen) atoms. The van der Waals surface area contributed by atoms with Crippen LogP contribution in [0.25, 0.3) is 0 Å². The summed E-state index contributed by atoms with van der Waals surface area (Å²) in [4.78, 5) is 15.3. The van der Waals surface area contributed by atoms with Crippen LogP contribution in [0.15, 0.2) is 40.9 Å². The molecule has 1 unspecified atom stereocenters. The number of ether oxygens (including phenoxy) is 4. The van der Waals surface area contributed by atoms with Crippen molar-refractivity contribution < 1.29 is 23.7 Å². The summed E-state index contributed by atoms with van der Waals surface area (Å²) >= 11 is 3.48. The average Bonchev–Trinajstić information content (AvgIpc) is 2.81. The Labute approximate surface area is 191 Å². The predicted octanol–water partition coefficient (Wildman–Crippen LogP) is 3.67. The Kier molecular flexibility index (Phi) is 8.57. The Hall–Kier alpha value is -2.29. The van der Waals surface area contributed by atoms with Crippen LogP contribution in [0.3, 0.4) is 0 Å². The summed E-state index contributed by atoms with van der Waals surface area (Å²) in [5.74, 6) is 1.74. The third-order valence-electron chi connectivity index (χ3n) is 5.22. The number of halogens is 1. The smallest absolute Gasteiger partial charge is 0.251 e. The van der Waals surface area contributed by atoms with E-state index in [1.54, 1.807) is 26.4 Å². The number of methoxy groups -OCH3 is 2. The van der Waals surface area contributed by atoms with E-state index >= 15 is 0 Å². The zero-order valence-corrected chi connectivity index (χ0v) is 19.7. The molecule has 0 aromatic heterocycles. The third kappa shape index (κ3) is 5.90. The summed E-state index contributed by atoms with van der Waals surface area (Å²) in [6, 6.07) is 11.5. The number of morpholine rings is 1. The minimum atomic E-state index is -0.172. The number of hydrogen-bond acceptors (Lipinski definition) is 6. The van der Waals surface area contributed by atoms with Crippen molar-refractivity contribution in [1.29, 1.82) is 0 Å². The van der Waals surface area contributed by atoms with Crippen LogP contribution >= 0.6 is 15.9 Å². The molecule has 1 amide bonds. The maximum atomic E-state index is 13.0. The minimum Gasteiger partial charge on any atom is -0.497 e. The minimum absolute atomic E-state index is 0.0341. The van der Waals surface area contributed by atoms with Gasteiger partial charge < -0.3 is 24.3 Å². The van der Waals surface area contributed by atoms with E-state index in [9.17, 15) is 4.79 Å². The van der Waals surface area contributed by atoms with E-state index in [0.29, 0.717) is 47.9 Å². The highest BCUT2D eigenvalue weighted by Crippen LogP contribution is 2.36. The summed E-state index contributed by atoms with van der Waals surface area (Å²) in [6.07, 6.45) is 0. The molecule has 2 aromatic carbocycles. The standard InChI is InChI=1S/C23H29BrN2O5/c1-4-31-22-19(24)13-17(14-21(22)29-3)23(27)25-15-20(26-9-11-30-12-10-26)16-5-7-18(28-2)8-6-16/h5-8,13-14,20H,4,9-12,15H2,1-3H3,(H,25,27). The molecule has 1 fully saturated rings. The van der Waals surface area contributed by atoms with Crippen molar-refractivity contribution in [3.05, 3.63) is 52.0 Å². The van der Waals surface area contributed by atoms with Crippen LogP contribution in [0.4, 0.5) is 0 Å². The normalized spacial score (nSPS) is 15.2. The molecular weight excluding hydrogens is 464 g/mol. The fourth-order valence-corrected chi connectivity index (χ4v) is 4.16. The second-order valence-electron chi connectivity index (χ2n) is 7.07. The van der Waals surface area contributed by atoms with E-state index in [1.165, 1.54) is 0 Å². The molecule has 1 heterocycles. The molecule has 0 aliphatic carbocycles. The molecule has 1 aliphatic rings. The summed E-state index contributed by atoms with van der Waals surface area (Å²) in [5, 5.41) is 3.08. The number of carbonyl (C=O) groups is 1. The first-order valence-electron chi connectivity index (χ1n) is 10.3. The second-order valence-corrected chi connectivity index (χ2v) is 7.92. The van der Waals surface area contributed by atoms with E-state index in [1.807, 2.05) is 31.2 Å². The number of hydrogen-bond donors (Lipinski definition) is 1. The Bertz CT molecular complexity index is 869. The summed E-state index contributed by atoms with van der Waals surface area (Å²) in [5.41, 5.74) is 1.62. The SMILES string of the molecule is CCOc1c(Br)cc(C(=O)NCC(c2ccc(OC)cc2)N2CCOCC2)cc1OC. The number of amides is 1. The lowest BCUT2D eigenvalue weighted by molar-refractivity contribution is 0.0162. The van der Waals surface area contributed by atoms with Gasteiger partial charge in [0.25, 0.3) is 5.91 Å². The Balaban J connectivity index is 1.77. The van der Waals surface area contributed by atoms with Crippen molar-refractivity contribution in [1.82, 2.24) is 10.2 Å². The van der Waals surface area contributed by atoms with Crippen molar-refractivity contribution in [3.63, 3.8) is 0 Å². The molecule has 0 saturated carbocycles. The first-order chi connectivity index (χ1) is 15.1. The lowest BCUT2D eigenvalue weighted by Crippen LogP contribution is -2.43. The summed E-state index contributed by atoms with van der Waals surface area (Å²) in [6.45, 7) is 5.87. The molecule has 1 saturated heterocycles. The predicted molar refractivity (Wildman–Crippen MR) is 122 cm³/mol. The van der Waals surface area contributed by atoms with Gasteiger partial charge in [0.1, 0.15) is 5.75 Å². The van der Waals surface area contributed by atoms with E-state index < -0.39 is 0 Å². The van der Waals surface area contributed by atoms with Crippen LogP contribution in [-0.4, -0.2) is 64.5 Å². The molecular formula is C23H29BrN2O5. The Morgan fingerprint density at radius 3 is 2.48 bits per heavy atom. The van der Waals surface area contributed by atoms with Crippen LogP contribution in [-0.2, 0) is 4.74 Å². The van der Waals surface area contributed by atoms with E-state index in [0.717, 1.165) is 24.4 Å². The first kappa shape index (κ1) is 23.4. The molecule has 0 bridgehead atoms. The highest BCUT2D eigenvalue weighted by atomic mass is 79.9. The summed E-state index contributed by atoms with van der Waals surface area (Å²) < 4.78 is 22.5. The van der Waals surface area contributed by atoms with Crippen molar-refractivity contribution in [2.24, 2.45) is 0 Å². The maximum absolute atomic E-state index is 13.0. The van der Waals surface area contributed by atoms with Crippen LogP contribution in [0.2, 0.25) is 0 Å². The van der Waals surface area contributed by atoms with E-state index in [4.69, 9.17) is 18.9 Å². The van der Waals surface area contributed by atoms with Crippen LogP contribution in [0.1, 0.15) is 28.9 Å². The van der Waals surface area contributed by atoms with Crippen molar-refractivity contribution in [3.8, 4) is 17.2 Å². The Morgan fingerprint density at radius 2 is 1.87 bits per heavy atom. The molecule has 0 radical (unpaired) electrons. The van der Waals surface area contributed by atoms with Crippen molar-refractivity contribution >= 4 is 21.8 Å². The molecule has 3 rings (SSSR count). The van der Waals surface area contributed by atoms with Crippen LogP contribution < -0.4 is 19.5 Å². The largest absolute Gasteiger partial charge is 0.497 e. The average molecular weight is 493 g/mol. The lowest BCUT2D eigenvalue weighted by Gasteiger charge is -2.35. The van der Waals surface area contributed by atoms with Gasteiger partial charge in [-0.05, 0) is 52.7 Å². The maximum Gasteiger partial charge on any atom is 0.251 e. The van der Waals surface area contributed by atoms with Crippen molar-refractivity contribution in [2.45, 2.75) is 13.0 Å². The Morgan fingerprint density at radius 1 is 1.16 bits per heavy atom. The topological polar surface area (TPSA) is 69.3 Å². The number of benzene rings is 2. The zero-order chi connectivity index (χ0) is 22.2. The molecule has 1 aliphatic heterocycles. The quantitative estimate of drug-likeness (QED) is 0.575. The van der Waals surface area contributed by atoms with Gasteiger partial charge in [0.2, 0.25) is 0 Å². The van der Waals surface area contributed by atoms with E-state index in [2.05, 4.69) is 26.1 Å². The van der Waals surface area contributed by atoms with Gasteiger partial charge in [0, 0.05) is 25.2 Å². The fourth-order valence-electron chi connectivity index (χ4n) is 3.60. The molecule has 7 nitrogen and oxygen atoms in total. The highest BCUT2D eigenvalue weighted by molar-refractivity contribution is 9.10. The van der Waals surface area contributed by atoms with Gasteiger partial charge in [0.05, 0.1) is 44.6 Å². The van der Waals surface area contributed by atoms with Crippen LogP contribution in [0, 0.1) is 0 Å². The third-order valence-corrected chi connectivity index (χ3v) is 5.81. The number of carbonyl (C=O) groups excluding carboxylic acids is 1. The fraction of sp³-hybridized carbons (Fsp3) is 0.435. The first-order valence-corrected chi connectivity index (χ1v) is 11.1. The second kappa shape index (κ2) is 11.4. The van der Waals surface area contributed by atoms with Gasteiger partial charge in [-0.3, -0.25) is 9.69 Å². The molecule has 2 aromatic rings. The molecule has 168 valence electrons. The van der Waals surface area contributed by atoms with Crippen LogP contribution in [0.5, 0.6) is 17.2 Å². The van der Waals surface area contributed by atoms with Gasteiger partial charge in [-0.15, -0.1) is 0 Å². The van der Waals surface area contributed by atoms with Gasteiger partial charge in [-0.25, -0.2) is 0 Å². The molecule has 1 N–H and O–H groups in total. The van der Waals surface area contributed by atoms with Gasteiger partial charge in [0.15, 0.2) is 11.5 Å². The highest BCUT2D eigenvalue weighted by Gasteiger charge is 2.24. The lowest BCUT2D eigenvalue weighted by atomic mass is 10.0. The van der Waals surface area contributed by atoms with Crippen molar-refractivity contribution in [2.75, 3.05) is 53.7 Å². The van der Waals surface area contributed by atoms with Gasteiger partial charge in [-0.1, -0.05) is 12.1 Å². The zero-order valence-electron chi connectivity index (χ0n) is 18.2. The number of nitrogens with one attached hydrogen (secondary N) is 1. The number of nitrogens with zero attached hydrogens (tertiary/aromatic N) is 1.